The molecule has 0 spiro atoms. The molecule has 6 nitrogen and oxygen atoms in total. The number of thiol groups is 1. The van der Waals surface area contributed by atoms with Crippen LogP contribution in [0.15, 0.2) is 42.6 Å². The molecule has 2 N–H and O–H groups in total. The Labute approximate surface area is 176 Å². The summed E-state index contributed by atoms with van der Waals surface area (Å²) in [5.74, 6) is 0.393. The van der Waals surface area contributed by atoms with E-state index in [1.165, 1.54) is 12.1 Å². The highest BCUT2D eigenvalue weighted by atomic mass is 32.1. The number of hydrogen-bond donors (Lipinski definition) is 3. The maximum Gasteiger partial charge on any atom is 0.126 e. The van der Waals surface area contributed by atoms with Crippen LogP contribution in [-0.4, -0.2) is 58.4 Å². The molecule has 0 aliphatic carbocycles. The number of aliphatic hydroxyl groups excluding tert-OH is 1. The van der Waals surface area contributed by atoms with Gasteiger partial charge in [0, 0.05) is 37.0 Å². The summed E-state index contributed by atoms with van der Waals surface area (Å²) in [6.07, 6.45) is 1.71. The van der Waals surface area contributed by atoms with E-state index in [1.807, 2.05) is 23.4 Å². The molecule has 1 aromatic heterocycles. The predicted molar refractivity (Wildman–Crippen MR) is 116 cm³/mol. The molecule has 0 amide bonds. The molecule has 1 aromatic carbocycles. The Balaban J connectivity index is 2.11. The zero-order chi connectivity index (χ0) is 21.0. The molecular weight excluding hydrogens is 391 g/mol. The molecule has 29 heavy (non-hydrogen) atoms. The number of pyridine rings is 1. The van der Waals surface area contributed by atoms with Gasteiger partial charge >= 0.3 is 0 Å². The van der Waals surface area contributed by atoms with Crippen LogP contribution < -0.4 is 5.32 Å². The highest BCUT2D eigenvalue weighted by molar-refractivity contribution is 7.78. The quantitative estimate of drug-likeness (QED) is 0.572. The van der Waals surface area contributed by atoms with Gasteiger partial charge in [-0.25, -0.2) is 9.37 Å². The van der Waals surface area contributed by atoms with Crippen molar-refractivity contribution in [1.82, 2.24) is 14.2 Å². The van der Waals surface area contributed by atoms with Crippen molar-refractivity contribution in [2.75, 3.05) is 32.2 Å². The van der Waals surface area contributed by atoms with Gasteiger partial charge < -0.3 is 20.1 Å². The lowest BCUT2D eigenvalue weighted by Gasteiger charge is -2.29. The SMILES string of the molecule is COCCN1C(c2ccnc(NC(C)CO)c2)=C(c2ccc(F)cc2)N(S)[C@@H]1C. The topological polar surface area (TPSA) is 60.9 Å². The van der Waals surface area contributed by atoms with Gasteiger partial charge in [-0.15, -0.1) is 0 Å². The normalized spacial score (nSPS) is 17.8. The summed E-state index contributed by atoms with van der Waals surface area (Å²) >= 11 is 4.74. The first-order valence-corrected chi connectivity index (χ1v) is 9.94. The largest absolute Gasteiger partial charge is 0.394 e. The lowest BCUT2D eigenvalue weighted by atomic mass is 10.1. The molecule has 0 saturated heterocycles. The van der Waals surface area contributed by atoms with Gasteiger partial charge in [-0.05, 0) is 50.2 Å². The molecule has 0 saturated carbocycles. The molecule has 2 heterocycles. The van der Waals surface area contributed by atoms with E-state index in [9.17, 15) is 9.50 Å². The van der Waals surface area contributed by atoms with Crippen LogP contribution in [-0.2, 0) is 4.74 Å². The predicted octanol–water partition coefficient (Wildman–Crippen LogP) is 3.29. The molecule has 1 unspecified atom stereocenters. The van der Waals surface area contributed by atoms with Crippen LogP contribution in [0.25, 0.3) is 11.4 Å². The van der Waals surface area contributed by atoms with Gasteiger partial charge in [-0.1, -0.05) is 12.8 Å². The molecule has 2 aromatic rings. The fourth-order valence-electron chi connectivity index (χ4n) is 3.37. The van der Waals surface area contributed by atoms with Crippen molar-refractivity contribution in [3.8, 4) is 0 Å². The number of rotatable bonds is 8. The van der Waals surface area contributed by atoms with Gasteiger partial charge in [0.25, 0.3) is 0 Å². The summed E-state index contributed by atoms with van der Waals surface area (Å²) in [6.45, 7) is 5.19. The van der Waals surface area contributed by atoms with E-state index >= 15 is 0 Å². The molecule has 156 valence electrons. The minimum absolute atomic E-state index is 0.0108. The fraction of sp³-hybridized carbons (Fsp3) is 0.381. The first-order chi connectivity index (χ1) is 14.0. The maximum atomic E-state index is 13.5. The molecule has 8 heteroatoms. The van der Waals surface area contributed by atoms with Gasteiger partial charge in [-0.2, -0.15) is 0 Å². The lowest BCUT2D eigenvalue weighted by molar-refractivity contribution is 0.150. The molecule has 1 aliphatic rings. The van der Waals surface area contributed by atoms with Crippen LogP contribution in [0.3, 0.4) is 0 Å². The second kappa shape index (κ2) is 9.47. The van der Waals surface area contributed by atoms with Gasteiger partial charge in [-0.3, -0.25) is 4.31 Å². The fourth-order valence-corrected chi connectivity index (χ4v) is 3.71. The van der Waals surface area contributed by atoms with Crippen molar-refractivity contribution in [3.05, 3.63) is 59.5 Å². The third-order valence-electron chi connectivity index (χ3n) is 4.90. The van der Waals surface area contributed by atoms with Crippen LogP contribution in [0, 0.1) is 5.82 Å². The number of aliphatic hydroxyl groups is 1. The van der Waals surface area contributed by atoms with Gasteiger partial charge in [0.05, 0.1) is 24.6 Å². The van der Waals surface area contributed by atoms with Crippen molar-refractivity contribution in [2.45, 2.75) is 26.1 Å². The van der Waals surface area contributed by atoms with E-state index in [2.05, 4.69) is 22.1 Å². The summed E-state index contributed by atoms with van der Waals surface area (Å²) < 4.78 is 20.7. The molecule has 0 fully saturated rings. The van der Waals surface area contributed by atoms with Crippen LogP contribution >= 0.6 is 12.8 Å². The average Bonchev–Trinajstić information content (AvgIpc) is 2.97. The Hall–Kier alpha value is -2.29. The molecule has 3 rings (SSSR count). The molecule has 0 radical (unpaired) electrons. The second-order valence-corrected chi connectivity index (χ2v) is 7.46. The summed E-state index contributed by atoms with van der Waals surface area (Å²) in [5, 5.41) is 12.5. The highest BCUT2D eigenvalue weighted by Crippen LogP contribution is 2.42. The maximum absolute atomic E-state index is 13.5. The Morgan fingerprint density at radius 3 is 2.62 bits per heavy atom. The van der Waals surface area contributed by atoms with Crippen LogP contribution in [0.2, 0.25) is 0 Å². The summed E-state index contributed by atoms with van der Waals surface area (Å²) in [4.78, 5) is 6.58. The van der Waals surface area contributed by atoms with E-state index in [0.29, 0.717) is 19.0 Å². The Morgan fingerprint density at radius 2 is 1.97 bits per heavy atom. The van der Waals surface area contributed by atoms with Gasteiger partial charge in [0.15, 0.2) is 0 Å². The number of nitrogens with zero attached hydrogens (tertiary/aromatic N) is 3. The number of methoxy groups -OCH3 is 1. The third kappa shape index (κ3) is 4.66. The van der Waals surface area contributed by atoms with Crippen LogP contribution in [0.4, 0.5) is 10.2 Å². The van der Waals surface area contributed by atoms with E-state index in [1.54, 1.807) is 25.4 Å². The Bertz CT molecular complexity index is 862. The molecular formula is C21H27FN4O2S. The number of ether oxygens (including phenoxy) is 1. The van der Waals surface area contributed by atoms with E-state index in [0.717, 1.165) is 22.5 Å². The highest BCUT2D eigenvalue weighted by Gasteiger charge is 2.35. The number of anilines is 1. The number of halogens is 1. The standard InChI is InChI=1S/C21H27FN4O2S/c1-14(13-27)24-19-12-17(8-9-23-19)20-21(16-4-6-18(22)7-5-16)26(29)15(2)25(20)10-11-28-3/h4-9,12,14-15,27,29H,10-11,13H2,1-3H3,(H,23,24)/t14?,15-/m1/s1. The summed E-state index contributed by atoms with van der Waals surface area (Å²) in [7, 11) is 1.67. The molecule has 0 bridgehead atoms. The first kappa shape index (κ1) is 21.4. The summed E-state index contributed by atoms with van der Waals surface area (Å²) in [5.41, 5.74) is 3.69. The van der Waals surface area contributed by atoms with Crippen LogP contribution in [0.5, 0.6) is 0 Å². The zero-order valence-corrected chi connectivity index (χ0v) is 17.7. The van der Waals surface area contributed by atoms with E-state index in [4.69, 9.17) is 17.6 Å². The first-order valence-electron chi connectivity index (χ1n) is 9.54. The Kier molecular flexibility index (Phi) is 7.00. The smallest absolute Gasteiger partial charge is 0.126 e. The third-order valence-corrected chi connectivity index (χ3v) is 5.44. The number of benzene rings is 1. The van der Waals surface area contributed by atoms with Crippen molar-refractivity contribution in [2.24, 2.45) is 0 Å². The van der Waals surface area contributed by atoms with Gasteiger partial charge in [0.2, 0.25) is 0 Å². The van der Waals surface area contributed by atoms with Crippen molar-refractivity contribution >= 4 is 30.0 Å². The second-order valence-electron chi connectivity index (χ2n) is 7.02. The minimum Gasteiger partial charge on any atom is -0.394 e. The van der Waals surface area contributed by atoms with Crippen molar-refractivity contribution in [3.63, 3.8) is 0 Å². The van der Waals surface area contributed by atoms with Crippen molar-refractivity contribution in [1.29, 1.82) is 0 Å². The zero-order valence-electron chi connectivity index (χ0n) is 16.8. The molecule has 2 atom stereocenters. The number of aromatic nitrogens is 1. The minimum atomic E-state index is -0.280. The summed E-state index contributed by atoms with van der Waals surface area (Å²) in [6, 6.07) is 10.2. The monoisotopic (exact) mass is 418 g/mol. The van der Waals surface area contributed by atoms with E-state index < -0.39 is 0 Å². The number of nitrogens with one attached hydrogen (secondary N) is 1. The Morgan fingerprint density at radius 1 is 1.24 bits per heavy atom. The van der Waals surface area contributed by atoms with Gasteiger partial charge in [0.1, 0.15) is 17.8 Å². The van der Waals surface area contributed by atoms with Crippen LogP contribution in [0.1, 0.15) is 25.0 Å². The number of hydrogen-bond acceptors (Lipinski definition) is 7. The molecule has 1 aliphatic heterocycles. The van der Waals surface area contributed by atoms with E-state index in [-0.39, 0.29) is 24.6 Å². The van der Waals surface area contributed by atoms with Crippen molar-refractivity contribution < 1.29 is 14.2 Å². The lowest BCUT2D eigenvalue weighted by Crippen LogP contribution is -2.35. The average molecular weight is 419 g/mol.